The summed E-state index contributed by atoms with van der Waals surface area (Å²) in [6, 6.07) is 10.7. The number of benzene rings is 1. The van der Waals surface area contributed by atoms with Crippen LogP contribution in [0.25, 0.3) is 22.3 Å². The van der Waals surface area contributed by atoms with Crippen LogP contribution in [0, 0.1) is 0 Å². The number of carbonyl (C=O) groups excluding carboxylic acids is 1. The third kappa shape index (κ3) is 3.98. The molecule has 3 aromatic heterocycles. The van der Waals surface area contributed by atoms with E-state index >= 15 is 0 Å². The Bertz CT molecular complexity index is 1310. The molecule has 4 aromatic rings. The van der Waals surface area contributed by atoms with Crippen molar-refractivity contribution in [2.75, 3.05) is 5.32 Å². The van der Waals surface area contributed by atoms with Crippen LogP contribution in [0.4, 0.5) is 5.13 Å². The van der Waals surface area contributed by atoms with E-state index in [0.29, 0.717) is 33.8 Å². The summed E-state index contributed by atoms with van der Waals surface area (Å²) in [7, 11) is 0. The highest BCUT2D eigenvalue weighted by Crippen LogP contribution is 2.24. The first-order valence-electron chi connectivity index (χ1n) is 10.4. The Morgan fingerprint density at radius 3 is 2.81 bits per heavy atom. The third-order valence-electron chi connectivity index (χ3n) is 5.48. The summed E-state index contributed by atoms with van der Waals surface area (Å²) in [6.07, 6.45) is 6.82. The number of hydrogen-bond donors (Lipinski definition) is 1. The molecule has 1 N–H and O–H groups in total. The molecule has 8 heteroatoms. The number of pyridine rings is 1. The van der Waals surface area contributed by atoms with Gasteiger partial charge in [0.15, 0.2) is 5.13 Å². The first kappa shape index (κ1) is 19.6. The Hall–Kier alpha value is -3.39. The lowest BCUT2D eigenvalue weighted by Crippen LogP contribution is -2.26. The molecule has 0 aliphatic carbocycles. The van der Waals surface area contributed by atoms with Gasteiger partial charge in [0.1, 0.15) is 11.5 Å². The van der Waals surface area contributed by atoms with Crippen LogP contribution in [0.3, 0.4) is 0 Å². The minimum atomic E-state index is -0.280. The van der Waals surface area contributed by atoms with Crippen molar-refractivity contribution in [3.63, 3.8) is 0 Å². The maximum atomic E-state index is 13.0. The SMILES string of the molecule is O=C(Nc1nc(-c2ccccn2)cs1)c1ccc2c(=O)n3c(nc2c1)CCCCCC3. The zero-order valence-corrected chi connectivity index (χ0v) is 17.7. The van der Waals surface area contributed by atoms with E-state index < -0.39 is 0 Å². The summed E-state index contributed by atoms with van der Waals surface area (Å²) in [6.45, 7) is 0.710. The van der Waals surface area contributed by atoms with E-state index in [4.69, 9.17) is 4.98 Å². The van der Waals surface area contributed by atoms with Crippen LogP contribution >= 0.6 is 11.3 Å². The maximum absolute atomic E-state index is 13.0. The van der Waals surface area contributed by atoms with Gasteiger partial charge in [-0.15, -0.1) is 11.3 Å². The second-order valence-corrected chi connectivity index (χ2v) is 8.45. The molecular weight excluding hydrogens is 410 g/mol. The molecule has 0 saturated heterocycles. The number of thiazole rings is 1. The number of aryl methyl sites for hydroxylation is 1. The Balaban J connectivity index is 1.42. The molecule has 0 bridgehead atoms. The van der Waals surface area contributed by atoms with Crippen LogP contribution in [-0.2, 0) is 13.0 Å². The maximum Gasteiger partial charge on any atom is 0.261 e. The van der Waals surface area contributed by atoms with Crippen molar-refractivity contribution in [3.8, 4) is 11.4 Å². The Kier molecular flexibility index (Phi) is 5.30. The van der Waals surface area contributed by atoms with Gasteiger partial charge in [-0.25, -0.2) is 9.97 Å². The van der Waals surface area contributed by atoms with Crippen molar-refractivity contribution in [1.29, 1.82) is 0 Å². The van der Waals surface area contributed by atoms with Crippen molar-refractivity contribution >= 4 is 33.3 Å². The minimum absolute atomic E-state index is 0.0196. The van der Waals surface area contributed by atoms with E-state index in [0.717, 1.165) is 43.6 Å². The van der Waals surface area contributed by atoms with Gasteiger partial charge in [0.25, 0.3) is 11.5 Å². The predicted molar refractivity (Wildman–Crippen MR) is 121 cm³/mol. The molecule has 0 radical (unpaired) electrons. The molecule has 31 heavy (non-hydrogen) atoms. The summed E-state index contributed by atoms with van der Waals surface area (Å²) >= 11 is 1.34. The molecular formula is C23H21N5O2S. The molecule has 0 spiro atoms. The van der Waals surface area contributed by atoms with Gasteiger partial charge in [0, 0.05) is 30.1 Å². The topological polar surface area (TPSA) is 89.8 Å². The van der Waals surface area contributed by atoms with Gasteiger partial charge in [-0.3, -0.25) is 24.5 Å². The van der Waals surface area contributed by atoms with Gasteiger partial charge >= 0.3 is 0 Å². The monoisotopic (exact) mass is 431 g/mol. The van der Waals surface area contributed by atoms with E-state index in [1.807, 2.05) is 23.6 Å². The number of nitrogens with one attached hydrogen (secondary N) is 1. The second kappa shape index (κ2) is 8.39. The van der Waals surface area contributed by atoms with Crippen molar-refractivity contribution in [1.82, 2.24) is 19.5 Å². The Morgan fingerprint density at radius 2 is 1.94 bits per heavy atom. The smallest absolute Gasteiger partial charge is 0.261 e. The van der Waals surface area contributed by atoms with Crippen LogP contribution in [0.1, 0.15) is 41.9 Å². The number of nitrogens with zero attached hydrogens (tertiary/aromatic N) is 4. The van der Waals surface area contributed by atoms with E-state index in [1.165, 1.54) is 11.3 Å². The van der Waals surface area contributed by atoms with E-state index in [-0.39, 0.29) is 11.5 Å². The molecule has 4 heterocycles. The summed E-state index contributed by atoms with van der Waals surface area (Å²) in [5.74, 6) is 0.534. The number of rotatable bonds is 3. The highest BCUT2D eigenvalue weighted by molar-refractivity contribution is 7.14. The van der Waals surface area contributed by atoms with Crippen molar-refractivity contribution in [3.05, 3.63) is 69.7 Å². The largest absolute Gasteiger partial charge is 0.298 e. The Labute approximate surface area is 182 Å². The summed E-state index contributed by atoms with van der Waals surface area (Å²) in [5, 5.41) is 5.74. The molecule has 0 saturated carbocycles. The zero-order valence-electron chi connectivity index (χ0n) is 16.9. The van der Waals surface area contributed by atoms with Gasteiger partial charge in [-0.1, -0.05) is 18.9 Å². The first-order valence-corrected chi connectivity index (χ1v) is 11.3. The van der Waals surface area contributed by atoms with Crippen LogP contribution in [0.15, 0.2) is 52.8 Å². The van der Waals surface area contributed by atoms with Gasteiger partial charge in [-0.2, -0.15) is 0 Å². The van der Waals surface area contributed by atoms with Crippen molar-refractivity contribution < 1.29 is 4.79 Å². The Morgan fingerprint density at radius 1 is 1.03 bits per heavy atom. The molecule has 1 aliphatic rings. The highest BCUT2D eigenvalue weighted by Gasteiger charge is 2.16. The lowest BCUT2D eigenvalue weighted by atomic mass is 10.1. The molecule has 156 valence electrons. The molecule has 0 unspecified atom stereocenters. The number of aromatic nitrogens is 4. The number of carbonyl (C=O) groups is 1. The fourth-order valence-electron chi connectivity index (χ4n) is 3.87. The van der Waals surface area contributed by atoms with E-state index in [2.05, 4.69) is 15.3 Å². The number of anilines is 1. The zero-order chi connectivity index (χ0) is 21.2. The van der Waals surface area contributed by atoms with Crippen LogP contribution in [0.5, 0.6) is 0 Å². The summed E-state index contributed by atoms with van der Waals surface area (Å²) in [4.78, 5) is 39.2. The van der Waals surface area contributed by atoms with Crippen LogP contribution < -0.4 is 10.9 Å². The fraction of sp³-hybridized carbons (Fsp3) is 0.261. The molecule has 1 amide bonds. The first-order chi connectivity index (χ1) is 15.2. The molecule has 1 aliphatic heterocycles. The van der Waals surface area contributed by atoms with Gasteiger partial charge in [0.2, 0.25) is 0 Å². The molecule has 5 rings (SSSR count). The fourth-order valence-corrected chi connectivity index (χ4v) is 4.57. The van der Waals surface area contributed by atoms with Crippen LogP contribution in [0.2, 0.25) is 0 Å². The standard InChI is InChI=1S/C23H21N5O2S/c29-21(27-23-26-19(14-31-23)17-7-4-5-11-24-17)15-9-10-16-18(13-15)25-20-8-3-1-2-6-12-28(20)22(16)30/h4-5,7,9-11,13-14H,1-3,6,8,12H2,(H,26,27,29). The van der Waals surface area contributed by atoms with Gasteiger partial charge < -0.3 is 0 Å². The van der Waals surface area contributed by atoms with Gasteiger partial charge in [0.05, 0.1) is 16.6 Å². The van der Waals surface area contributed by atoms with E-state index in [1.54, 1.807) is 29.0 Å². The summed E-state index contributed by atoms with van der Waals surface area (Å²) in [5.41, 5.74) is 2.47. The molecule has 1 aromatic carbocycles. The number of hydrogen-bond acceptors (Lipinski definition) is 6. The van der Waals surface area contributed by atoms with E-state index in [9.17, 15) is 9.59 Å². The molecule has 0 atom stereocenters. The number of amides is 1. The van der Waals surface area contributed by atoms with Gasteiger partial charge in [-0.05, 0) is 43.2 Å². The van der Waals surface area contributed by atoms with Crippen molar-refractivity contribution in [2.24, 2.45) is 0 Å². The summed E-state index contributed by atoms with van der Waals surface area (Å²) < 4.78 is 1.80. The lowest BCUT2D eigenvalue weighted by molar-refractivity contribution is 0.102. The molecule has 0 fully saturated rings. The quantitative estimate of drug-likeness (QED) is 0.523. The second-order valence-electron chi connectivity index (χ2n) is 7.59. The average Bonchev–Trinajstić information content (AvgIpc) is 3.24. The van der Waals surface area contributed by atoms with Crippen LogP contribution in [-0.4, -0.2) is 25.4 Å². The highest BCUT2D eigenvalue weighted by atomic mass is 32.1. The lowest BCUT2D eigenvalue weighted by Gasteiger charge is -2.16. The number of fused-ring (bicyclic) bond motifs is 2. The normalized spacial score (nSPS) is 13.9. The minimum Gasteiger partial charge on any atom is -0.298 e. The van der Waals surface area contributed by atoms with Crippen molar-refractivity contribution in [2.45, 2.75) is 38.6 Å². The third-order valence-corrected chi connectivity index (χ3v) is 6.24. The molecule has 7 nitrogen and oxygen atoms in total. The predicted octanol–water partition coefficient (Wildman–Crippen LogP) is 4.28. The average molecular weight is 432 g/mol.